The summed E-state index contributed by atoms with van der Waals surface area (Å²) in [5, 5.41) is 3.34. The highest BCUT2D eigenvalue weighted by molar-refractivity contribution is 5.82. The van der Waals surface area contributed by atoms with Crippen LogP contribution in [0.25, 0.3) is 0 Å². The van der Waals surface area contributed by atoms with Crippen LogP contribution in [-0.2, 0) is 22.6 Å². The molecule has 2 aromatic rings. The van der Waals surface area contributed by atoms with Gasteiger partial charge in [-0.15, -0.1) is 0 Å². The second-order valence-corrected chi connectivity index (χ2v) is 7.86. The van der Waals surface area contributed by atoms with Crippen molar-refractivity contribution in [3.8, 4) is 5.75 Å². The Balaban J connectivity index is 1.39. The summed E-state index contributed by atoms with van der Waals surface area (Å²) in [6, 6.07) is 14.0. The maximum absolute atomic E-state index is 14.1. The number of carbonyl (C=O) groups is 2. The van der Waals surface area contributed by atoms with Gasteiger partial charge in [0.2, 0.25) is 11.8 Å². The first-order valence-corrected chi connectivity index (χ1v) is 10.2. The molecule has 4 rings (SSSR count). The molecule has 0 aliphatic carbocycles. The van der Waals surface area contributed by atoms with E-state index in [2.05, 4.69) is 5.32 Å². The van der Waals surface area contributed by atoms with Crippen molar-refractivity contribution in [1.29, 1.82) is 0 Å². The van der Waals surface area contributed by atoms with Crippen molar-refractivity contribution in [1.82, 2.24) is 15.1 Å². The fraction of sp³-hybridized carbons (Fsp3) is 0.391. The summed E-state index contributed by atoms with van der Waals surface area (Å²) in [5.41, 5.74) is 0.930. The van der Waals surface area contributed by atoms with Crippen LogP contribution in [0.15, 0.2) is 48.5 Å². The molecule has 7 heteroatoms. The van der Waals surface area contributed by atoms with Crippen LogP contribution in [-0.4, -0.2) is 54.0 Å². The molecule has 0 aromatic heterocycles. The van der Waals surface area contributed by atoms with Crippen LogP contribution in [0.2, 0.25) is 0 Å². The van der Waals surface area contributed by atoms with E-state index in [1.54, 1.807) is 30.2 Å². The summed E-state index contributed by atoms with van der Waals surface area (Å²) >= 11 is 0. The zero-order valence-electron chi connectivity index (χ0n) is 17.1. The van der Waals surface area contributed by atoms with Crippen molar-refractivity contribution in [2.45, 2.75) is 31.5 Å². The first-order chi connectivity index (χ1) is 14.5. The largest absolute Gasteiger partial charge is 0.497 e. The van der Waals surface area contributed by atoms with Gasteiger partial charge in [0, 0.05) is 31.5 Å². The Bertz CT molecular complexity index is 924. The van der Waals surface area contributed by atoms with Gasteiger partial charge in [0.15, 0.2) is 0 Å². The number of methoxy groups -OCH3 is 1. The number of likely N-dealkylation sites (tertiary alicyclic amines) is 1. The first kappa shape index (κ1) is 20.3. The number of rotatable bonds is 5. The Labute approximate surface area is 175 Å². The summed E-state index contributed by atoms with van der Waals surface area (Å²) in [6.45, 7) is 1.60. The number of carbonyl (C=O) groups excluding carboxylic acids is 2. The van der Waals surface area contributed by atoms with E-state index in [9.17, 15) is 14.0 Å². The van der Waals surface area contributed by atoms with Gasteiger partial charge in [-0.3, -0.25) is 14.9 Å². The Morgan fingerprint density at radius 3 is 2.50 bits per heavy atom. The molecule has 2 aliphatic rings. The van der Waals surface area contributed by atoms with E-state index in [0.29, 0.717) is 37.9 Å². The van der Waals surface area contributed by atoms with Crippen LogP contribution >= 0.6 is 0 Å². The molecule has 1 N–H and O–H groups in total. The molecule has 2 heterocycles. The van der Waals surface area contributed by atoms with Crippen LogP contribution in [0.5, 0.6) is 5.75 Å². The predicted molar refractivity (Wildman–Crippen MR) is 110 cm³/mol. The number of nitrogens with zero attached hydrogens (tertiary/aromatic N) is 2. The van der Waals surface area contributed by atoms with Gasteiger partial charge in [0.25, 0.3) is 0 Å². The van der Waals surface area contributed by atoms with E-state index in [-0.39, 0.29) is 30.7 Å². The number of hydrogen-bond acceptors (Lipinski definition) is 4. The van der Waals surface area contributed by atoms with Gasteiger partial charge >= 0.3 is 0 Å². The molecule has 0 atom stereocenters. The molecule has 2 aliphatic heterocycles. The molecule has 0 radical (unpaired) electrons. The van der Waals surface area contributed by atoms with Crippen molar-refractivity contribution in [3.05, 3.63) is 65.5 Å². The lowest BCUT2D eigenvalue weighted by Gasteiger charge is -2.44. The molecule has 2 amide bonds. The Hall–Kier alpha value is -2.93. The quantitative estimate of drug-likeness (QED) is 0.821. The third-order valence-electron chi connectivity index (χ3n) is 6.13. The van der Waals surface area contributed by atoms with E-state index in [1.165, 1.54) is 6.07 Å². The molecule has 0 unspecified atom stereocenters. The van der Waals surface area contributed by atoms with E-state index in [4.69, 9.17) is 4.74 Å². The molecule has 0 bridgehead atoms. The van der Waals surface area contributed by atoms with Crippen molar-refractivity contribution >= 4 is 11.8 Å². The minimum absolute atomic E-state index is 0.0312. The third-order valence-corrected chi connectivity index (χ3v) is 6.13. The summed E-state index contributed by atoms with van der Waals surface area (Å²) in [5.74, 6) is 0.494. The lowest BCUT2D eigenvalue weighted by Crippen LogP contribution is -2.59. The molecule has 2 saturated heterocycles. The number of piperidine rings is 1. The van der Waals surface area contributed by atoms with Crippen molar-refractivity contribution in [3.63, 3.8) is 0 Å². The number of ether oxygens (including phenoxy) is 1. The van der Waals surface area contributed by atoms with Crippen molar-refractivity contribution < 1.29 is 18.7 Å². The van der Waals surface area contributed by atoms with Gasteiger partial charge in [-0.2, -0.15) is 0 Å². The molecule has 2 fully saturated rings. The minimum Gasteiger partial charge on any atom is -0.497 e. The van der Waals surface area contributed by atoms with Gasteiger partial charge in [-0.05, 0) is 23.8 Å². The molecular formula is C23H26FN3O3. The Kier molecular flexibility index (Phi) is 5.72. The van der Waals surface area contributed by atoms with Crippen LogP contribution < -0.4 is 10.1 Å². The Morgan fingerprint density at radius 2 is 1.83 bits per heavy atom. The number of amides is 2. The Morgan fingerprint density at radius 1 is 1.13 bits per heavy atom. The van der Waals surface area contributed by atoms with Gasteiger partial charge in [-0.25, -0.2) is 4.39 Å². The van der Waals surface area contributed by atoms with E-state index < -0.39 is 5.66 Å². The van der Waals surface area contributed by atoms with Crippen molar-refractivity contribution in [2.24, 2.45) is 0 Å². The van der Waals surface area contributed by atoms with Crippen LogP contribution in [0.4, 0.5) is 4.39 Å². The van der Waals surface area contributed by atoms with Gasteiger partial charge in [0.05, 0.1) is 32.3 Å². The van der Waals surface area contributed by atoms with Crippen LogP contribution in [0, 0.1) is 5.82 Å². The zero-order chi connectivity index (χ0) is 21.1. The lowest BCUT2D eigenvalue weighted by molar-refractivity contribution is -0.136. The minimum atomic E-state index is -0.518. The first-order valence-electron chi connectivity index (χ1n) is 10.2. The topological polar surface area (TPSA) is 61.9 Å². The van der Waals surface area contributed by atoms with E-state index in [0.717, 1.165) is 11.3 Å². The van der Waals surface area contributed by atoms with Crippen LogP contribution in [0.3, 0.4) is 0 Å². The molecule has 6 nitrogen and oxygen atoms in total. The third kappa shape index (κ3) is 4.03. The fourth-order valence-electron chi connectivity index (χ4n) is 4.31. The highest BCUT2D eigenvalue weighted by Gasteiger charge is 2.47. The normalized spacial score (nSPS) is 18.1. The second kappa shape index (κ2) is 8.44. The number of hydrogen-bond donors (Lipinski definition) is 1. The monoisotopic (exact) mass is 411 g/mol. The SMILES string of the molecule is COc1ccc(CC(=O)N2CCC3(CC2)NCC(=O)N3Cc2ccccc2F)cc1. The van der Waals surface area contributed by atoms with Gasteiger partial charge < -0.3 is 14.5 Å². The van der Waals surface area contributed by atoms with Gasteiger partial charge in [0.1, 0.15) is 11.6 Å². The predicted octanol–water partition coefficient (Wildman–Crippen LogP) is 2.33. The second-order valence-electron chi connectivity index (χ2n) is 7.86. The highest BCUT2D eigenvalue weighted by atomic mass is 19.1. The van der Waals surface area contributed by atoms with E-state index in [1.807, 2.05) is 29.2 Å². The summed E-state index contributed by atoms with van der Waals surface area (Å²) < 4.78 is 19.3. The molecular weight excluding hydrogens is 385 g/mol. The molecule has 0 saturated carbocycles. The maximum atomic E-state index is 14.1. The average molecular weight is 411 g/mol. The summed E-state index contributed by atoms with van der Waals surface area (Å²) in [7, 11) is 1.61. The number of nitrogens with one attached hydrogen (secondary N) is 1. The average Bonchev–Trinajstić information content (AvgIpc) is 3.06. The highest BCUT2D eigenvalue weighted by Crippen LogP contribution is 2.32. The van der Waals surface area contributed by atoms with E-state index >= 15 is 0 Å². The smallest absolute Gasteiger partial charge is 0.238 e. The maximum Gasteiger partial charge on any atom is 0.238 e. The lowest BCUT2D eigenvalue weighted by atomic mass is 9.95. The number of benzene rings is 2. The number of halogens is 1. The molecule has 158 valence electrons. The van der Waals surface area contributed by atoms with Gasteiger partial charge in [-0.1, -0.05) is 30.3 Å². The summed E-state index contributed by atoms with van der Waals surface area (Å²) in [4.78, 5) is 28.9. The van der Waals surface area contributed by atoms with Crippen molar-refractivity contribution in [2.75, 3.05) is 26.7 Å². The molecule has 1 spiro atoms. The van der Waals surface area contributed by atoms with Crippen LogP contribution in [0.1, 0.15) is 24.0 Å². The molecule has 2 aromatic carbocycles. The fourth-order valence-corrected chi connectivity index (χ4v) is 4.31. The molecule has 30 heavy (non-hydrogen) atoms. The summed E-state index contributed by atoms with van der Waals surface area (Å²) in [6.07, 6.45) is 1.59. The standard InChI is InChI=1S/C23H26FN3O3/c1-30-19-8-6-17(7-9-19)14-21(28)26-12-10-23(11-13-26)25-15-22(29)27(23)16-18-4-2-3-5-20(18)24/h2-9,25H,10-16H2,1H3. The zero-order valence-corrected chi connectivity index (χ0v) is 17.1.